The number of ether oxygens (including phenoxy) is 1. The molecular weight excluding hydrogens is 232 g/mol. The Hall–Kier alpha value is -1.62. The number of hydrogen-bond donors (Lipinski definition) is 2. The molecule has 0 aromatic carbocycles. The fourth-order valence-electron chi connectivity index (χ4n) is 1.81. The Morgan fingerprint density at radius 1 is 1.44 bits per heavy atom. The molecule has 0 amide bonds. The first-order chi connectivity index (χ1) is 8.57. The van der Waals surface area contributed by atoms with Gasteiger partial charge >= 0.3 is 5.97 Å². The minimum absolute atomic E-state index is 0.408. The van der Waals surface area contributed by atoms with E-state index in [1.807, 2.05) is 26.0 Å². The minimum Gasteiger partial charge on any atom is -0.481 e. The molecule has 5 nitrogen and oxygen atoms in total. The summed E-state index contributed by atoms with van der Waals surface area (Å²) < 4.78 is 5.03. The number of pyridine rings is 1. The molecule has 1 heterocycles. The summed E-state index contributed by atoms with van der Waals surface area (Å²) in [6.07, 6.45) is 1.06. The summed E-state index contributed by atoms with van der Waals surface area (Å²) in [5, 5.41) is 12.4. The highest BCUT2D eigenvalue weighted by atomic mass is 16.5. The highest BCUT2D eigenvalue weighted by Gasteiger charge is 2.34. The van der Waals surface area contributed by atoms with Crippen molar-refractivity contribution in [1.29, 1.82) is 0 Å². The summed E-state index contributed by atoms with van der Waals surface area (Å²) >= 11 is 0. The van der Waals surface area contributed by atoms with Gasteiger partial charge in [0.1, 0.15) is 5.54 Å². The van der Waals surface area contributed by atoms with Crippen molar-refractivity contribution < 1.29 is 14.6 Å². The number of carboxylic acids is 1. The standard InChI is InChI=1S/C13H20N2O3/c1-4-13(5-2,12(16)17)14-9-10-7-6-8-11(15-10)18-3/h6-8,14H,4-5,9H2,1-3H3,(H,16,17). The van der Waals surface area contributed by atoms with Crippen LogP contribution in [0.3, 0.4) is 0 Å². The van der Waals surface area contributed by atoms with Crippen molar-refractivity contribution in [3.05, 3.63) is 23.9 Å². The number of aliphatic carboxylic acids is 1. The molecule has 0 saturated heterocycles. The first-order valence-corrected chi connectivity index (χ1v) is 6.06. The zero-order chi connectivity index (χ0) is 13.6. The zero-order valence-electron chi connectivity index (χ0n) is 11.1. The normalized spacial score (nSPS) is 11.3. The van der Waals surface area contributed by atoms with Crippen LogP contribution in [0.25, 0.3) is 0 Å². The van der Waals surface area contributed by atoms with E-state index in [9.17, 15) is 9.90 Å². The Morgan fingerprint density at radius 2 is 2.11 bits per heavy atom. The van der Waals surface area contributed by atoms with Gasteiger partial charge in [0.15, 0.2) is 0 Å². The van der Waals surface area contributed by atoms with Crippen LogP contribution in [-0.2, 0) is 11.3 Å². The van der Waals surface area contributed by atoms with Gasteiger partial charge in [-0.05, 0) is 18.9 Å². The van der Waals surface area contributed by atoms with E-state index in [2.05, 4.69) is 10.3 Å². The summed E-state index contributed by atoms with van der Waals surface area (Å²) in [7, 11) is 1.55. The van der Waals surface area contributed by atoms with E-state index in [1.54, 1.807) is 13.2 Å². The Kier molecular flexibility index (Phi) is 5.09. The van der Waals surface area contributed by atoms with Gasteiger partial charge in [-0.2, -0.15) is 0 Å². The molecule has 0 aliphatic heterocycles. The predicted octanol–water partition coefficient (Wildman–Crippen LogP) is 1.82. The van der Waals surface area contributed by atoms with Crippen molar-refractivity contribution in [2.24, 2.45) is 0 Å². The summed E-state index contributed by atoms with van der Waals surface area (Å²) in [4.78, 5) is 15.6. The van der Waals surface area contributed by atoms with E-state index in [1.165, 1.54) is 0 Å². The fourth-order valence-corrected chi connectivity index (χ4v) is 1.81. The van der Waals surface area contributed by atoms with Gasteiger partial charge in [-0.3, -0.25) is 10.1 Å². The number of nitrogens with one attached hydrogen (secondary N) is 1. The SMILES string of the molecule is CCC(CC)(NCc1cccc(OC)n1)C(=O)O. The number of carboxylic acid groups (broad SMARTS) is 1. The second kappa shape index (κ2) is 6.35. The van der Waals surface area contributed by atoms with Crippen LogP contribution >= 0.6 is 0 Å². The molecule has 1 rings (SSSR count). The average Bonchev–Trinajstić information content (AvgIpc) is 2.40. The first kappa shape index (κ1) is 14.4. The maximum Gasteiger partial charge on any atom is 0.323 e. The zero-order valence-corrected chi connectivity index (χ0v) is 11.1. The number of methoxy groups -OCH3 is 1. The van der Waals surface area contributed by atoms with E-state index >= 15 is 0 Å². The molecule has 0 unspecified atom stereocenters. The minimum atomic E-state index is -0.884. The molecule has 0 fully saturated rings. The molecule has 0 spiro atoms. The lowest BCUT2D eigenvalue weighted by Gasteiger charge is -2.28. The van der Waals surface area contributed by atoms with Crippen LogP contribution in [0.1, 0.15) is 32.4 Å². The molecule has 0 bridgehead atoms. The van der Waals surface area contributed by atoms with Crippen molar-refractivity contribution in [3.63, 3.8) is 0 Å². The highest BCUT2D eigenvalue weighted by Crippen LogP contribution is 2.16. The third-order valence-corrected chi connectivity index (χ3v) is 3.21. The van der Waals surface area contributed by atoms with Crippen LogP contribution in [-0.4, -0.2) is 28.7 Å². The Labute approximate surface area is 107 Å². The third kappa shape index (κ3) is 3.20. The summed E-state index contributed by atoms with van der Waals surface area (Å²) in [5.41, 5.74) is -0.119. The topological polar surface area (TPSA) is 71.5 Å². The maximum atomic E-state index is 11.3. The number of hydrogen-bond acceptors (Lipinski definition) is 4. The van der Waals surface area contributed by atoms with Crippen molar-refractivity contribution in [1.82, 2.24) is 10.3 Å². The van der Waals surface area contributed by atoms with E-state index in [0.717, 1.165) is 5.69 Å². The second-order valence-electron chi connectivity index (χ2n) is 4.12. The molecule has 1 aromatic heterocycles. The lowest BCUT2D eigenvalue weighted by molar-refractivity contribution is -0.145. The van der Waals surface area contributed by atoms with E-state index in [4.69, 9.17) is 4.74 Å². The monoisotopic (exact) mass is 252 g/mol. The predicted molar refractivity (Wildman–Crippen MR) is 68.6 cm³/mol. The van der Waals surface area contributed by atoms with Crippen LogP contribution in [0, 0.1) is 0 Å². The van der Waals surface area contributed by atoms with E-state index < -0.39 is 11.5 Å². The van der Waals surface area contributed by atoms with Gasteiger partial charge in [0.05, 0.1) is 12.8 Å². The summed E-state index contributed by atoms with van der Waals surface area (Å²) in [6.45, 7) is 4.14. The van der Waals surface area contributed by atoms with Crippen LogP contribution < -0.4 is 10.1 Å². The molecule has 100 valence electrons. The van der Waals surface area contributed by atoms with Crippen molar-refractivity contribution in [2.45, 2.75) is 38.8 Å². The van der Waals surface area contributed by atoms with Gasteiger partial charge in [0.2, 0.25) is 5.88 Å². The summed E-state index contributed by atoms with van der Waals surface area (Å²) in [5.74, 6) is -0.293. The fraction of sp³-hybridized carbons (Fsp3) is 0.538. The molecule has 0 saturated carbocycles. The smallest absolute Gasteiger partial charge is 0.323 e. The van der Waals surface area contributed by atoms with Gasteiger partial charge in [-0.1, -0.05) is 19.9 Å². The van der Waals surface area contributed by atoms with Crippen molar-refractivity contribution in [3.8, 4) is 5.88 Å². The number of nitrogens with zero attached hydrogens (tertiary/aromatic N) is 1. The number of carbonyl (C=O) groups is 1. The largest absolute Gasteiger partial charge is 0.481 e. The molecule has 2 N–H and O–H groups in total. The Morgan fingerprint density at radius 3 is 2.61 bits per heavy atom. The van der Waals surface area contributed by atoms with Crippen molar-refractivity contribution >= 4 is 5.97 Å². The Bertz CT molecular complexity index is 403. The molecular formula is C13H20N2O3. The number of rotatable bonds is 7. The molecule has 0 aliphatic rings. The lowest BCUT2D eigenvalue weighted by atomic mass is 9.93. The van der Waals surface area contributed by atoms with E-state index in [0.29, 0.717) is 25.3 Å². The molecule has 0 radical (unpaired) electrons. The van der Waals surface area contributed by atoms with Crippen LogP contribution in [0.15, 0.2) is 18.2 Å². The van der Waals surface area contributed by atoms with Crippen molar-refractivity contribution in [2.75, 3.05) is 7.11 Å². The first-order valence-electron chi connectivity index (χ1n) is 6.06. The quantitative estimate of drug-likeness (QED) is 0.774. The molecule has 0 aliphatic carbocycles. The second-order valence-corrected chi connectivity index (χ2v) is 4.12. The van der Waals surface area contributed by atoms with Gasteiger partial charge in [0, 0.05) is 12.6 Å². The Balaban J connectivity index is 2.75. The molecule has 0 atom stereocenters. The van der Waals surface area contributed by atoms with Crippen LogP contribution in [0.5, 0.6) is 5.88 Å². The van der Waals surface area contributed by atoms with Gasteiger partial charge in [-0.25, -0.2) is 4.98 Å². The van der Waals surface area contributed by atoms with E-state index in [-0.39, 0.29) is 0 Å². The van der Waals surface area contributed by atoms with Crippen LogP contribution in [0.2, 0.25) is 0 Å². The molecule has 5 heteroatoms. The average molecular weight is 252 g/mol. The highest BCUT2D eigenvalue weighted by molar-refractivity contribution is 5.78. The van der Waals surface area contributed by atoms with Crippen LogP contribution in [0.4, 0.5) is 0 Å². The lowest BCUT2D eigenvalue weighted by Crippen LogP contribution is -2.50. The van der Waals surface area contributed by atoms with Gasteiger partial charge < -0.3 is 9.84 Å². The van der Waals surface area contributed by atoms with Gasteiger partial charge in [-0.15, -0.1) is 0 Å². The van der Waals surface area contributed by atoms with Gasteiger partial charge in [0.25, 0.3) is 0 Å². The summed E-state index contributed by atoms with van der Waals surface area (Å²) in [6, 6.07) is 5.43. The third-order valence-electron chi connectivity index (χ3n) is 3.21. The molecule has 1 aromatic rings. The maximum absolute atomic E-state index is 11.3. The molecule has 18 heavy (non-hydrogen) atoms. The number of aromatic nitrogens is 1.